The van der Waals surface area contributed by atoms with Crippen LogP contribution in [0.3, 0.4) is 0 Å². The Morgan fingerprint density at radius 1 is 0.853 bits per heavy atom. The number of para-hydroxylation sites is 2. The van der Waals surface area contributed by atoms with Crippen molar-refractivity contribution in [1.29, 1.82) is 0 Å². The lowest BCUT2D eigenvalue weighted by molar-refractivity contribution is 0.0108. The van der Waals surface area contributed by atoms with Crippen LogP contribution in [0.15, 0.2) is 72.8 Å². The summed E-state index contributed by atoms with van der Waals surface area (Å²) in [7, 11) is 2.02. The molecule has 1 unspecified atom stereocenters. The van der Waals surface area contributed by atoms with Gasteiger partial charge in [0.25, 0.3) is 0 Å². The molecule has 3 aromatic rings. The van der Waals surface area contributed by atoms with E-state index in [0.717, 1.165) is 35.7 Å². The summed E-state index contributed by atoms with van der Waals surface area (Å²) < 4.78 is 50.2. The van der Waals surface area contributed by atoms with Crippen molar-refractivity contribution in [3.05, 3.63) is 95.6 Å². The molecule has 1 heterocycles. The third kappa shape index (κ3) is 6.76. The highest BCUT2D eigenvalue weighted by Crippen LogP contribution is 2.31. The largest absolute Gasteiger partial charge is 0.486 e. The highest BCUT2D eigenvalue weighted by Gasteiger charge is 2.21. The molecular weight excluding hydrogens is 440 g/mol. The van der Waals surface area contributed by atoms with E-state index in [1.807, 2.05) is 31.3 Å². The third-order valence-corrected chi connectivity index (χ3v) is 5.56. The summed E-state index contributed by atoms with van der Waals surface area (Å²) >= 11 is 0. The Labute approximate surface area is 198 Å². The maximum Gasteiger partial charge on any atom is 0.161 e. The van der Waals surface area contributed by atoms with Crippen LogP contribution in [0.4, 0.5) is 8.78 Å². The monoisotopic (exact) mass is 469 g/mol. The molecule has 5 nitrogen and oxygen atoms in total. The van der Waals surface area contributed by atoms with Crippen LogP contribution in [0.25, 0.3) is 0 Å². The van der Waals surface area contributed by atoms with E-state index >= 15 is 0 Å². The standard InChI is InChI=1S/C27H29F2NO4/c1-30(18-24-19-33-25-4-2-3-5-26(25)34-24)14-15-31-16-17-32-27(20-6-10-22(28)11-7-20)21-8-12-23(29)13-9-21/h2-13,24,27H,14-19H2,1H3. The second-order valence-corrected chi connectivity index (χ2v) is 8.23. The van der Waals surface area contributed by atoms with Crippen molar-refractivity contribution in [2.75, 3.05) is 46.6 Å². The first kappa shape index (κ1) is 24.1. The molecular formula is C27H29F2NO4. The summed E-state index contributed by atoms with van der Waals surface area (Å²) in [6.45, 7) is 3.28. The topological polar surface area (TPSA) is 40.2 Å². The fourth-order valence-corrected chi connectivity index (χ4v) is 3.80. The van der Waals surface area contributed by atoms with Crippen LogP contribution in [0.5, 0.6) is 11.5 Å². The van der Waals surface area contributed by atoms with Crippen molar-refractivity contribution in [2.24, 2.45) is 0 Å². The van der Waals surface area contributed by atoms with Crippen molar-refractivity contribution in [3.63, 3.8) is 0 Å². The van der Waals surface area contributed by atoms with Crippen LogP contribution >= 0.6 is 0 Å². The number of fused-ring (bicyclic) bond motifs is 1. The van der Waals surface area contributed by atoms with E-state index in [-0.39, 0.29) is 17.7 Å². The molecule has 34 heavy (non-hydrogen) atoms. The first-order valence-corrected chi connectivity index (χ1v) is 11.4. The SMILES string of the molecule is CN(CCOCCOC(c1ccc(F)cc1)c1ccc(F)cc1)CC1COc2ccccc2O1. The van der Waals surface area contributed by atoms with Gasteiger partial charge in [-0.25, -0.2) is 8.78 Å². The lowest BCUT2D eigenvalue weighted by atomic mass is 10.0. The number of hydrogen-bond donors (Lipinski definition) is 0. The Balaban J connectivity index is 1.19. The number of nitrogens with zero attached hydrogens (tertiary/aromatic N) is 1. The molecule has 0 aliphatic carbocycles. The van der Waals surface area contributed by atoms with Crippen LogP contribution in [0.1, 0.15) is 17.2 Å². The summed E-state index contributed by atoms with van der Waals surface area (Å²) in [6.07, 6.45) is -0.464. The lowest BCUT2D eigenvalue weighted by Gasteiger charge is -2.29. The predicted octanol–water partition coefficient (Wildman–Crippen LogP) is 4.86. The van der Waals surface area contributed by atoms with E-state index in [4.69, 9.17) is 18.9 Å². The average molecular weight is 470 g/mol. The zero-order chi connectivity index (χ0) is 23.8. The predicted molar refractivity (Wildman–Crippen MR) is 125 cm³/mol. The minimum atomic E-state index is -0.432. The first-order chi connectivity index (χ1) is 16.6. The smallest absolute Gasteiger partial charge is 0.161 e. The summed E-state index contributed by atoms with van der Waals surface area (Å²) in [5.74, 6) is 0.925. The van der Waals surface area contributed by atoms with E-state index < -0.39 is 6.10 Å². The fourth-order valence-electron chi connectivity index (χ4n) is 3.80. The summed E-state index contributed by atoms with van der Waals surface area (Å²) in [4.78, 5) is 2.14. The highest BCUT2D eigenvalue weighted by molar-refractivity contribution is 5.40. The molecule has 0 amide bonds. The Bertz CT molecular complexity index is 984. The van der Waals surface area contributed by atoms with Crippen LogP contribution in [0.2, 0.25) is 0 Å². The van der Waals surface area contributed by atoms with Gasteiger partial charge in [-0.05, 0) is 54.6 Å². The number of likely N-dealkylation sites (N-methyl/N-ethyl adjacent to an activating group) is 1. The van der Waals surface area contributed by atoms with Crippen molar-refractivity contribution >= 4 is 0 Å². The Morgan fingerprint density at radius 2 is 1.47 bits per heavy atom. The van der Waals surface area contributed by atoms with Crippen molar-refractivity contribution in [3.8, 4) is 11.5 Å². The Morgan fingerprint density at radius 3 is 2.12 bits per heavy atom. The number of halogens is 2. The first-order valence-electron chi connectivity index (χ1n) is 11.4. The molecule has 0 radical (unpaired) electrons. The van der Waals surface area contributed by atoms with Gasteiger partial charge >= 0.3 is 0 Å². The van der Waals surface area contributed by atoms with Gasteiger partial charge in [-0.15, -0.1) is 0 Å². The Kier molecular flexibility index (Phi) is 8.46. The summed E-state index contributed by atoms with van der Waals surface area (Å²) in [5.41, 5.74) is 1.59. The molecule has 0 aromatic heterocycles. The minimum absolute atomic E-state index is 0.0320. The molecule has 1 aliphatic heterocycles. The normalized spacial score (nSPS) is 15.1. The molecule has 1 aliphatic rings. The van der Waals surface area contributed by atoms with E-state index in [0.29, 0.717) is 26.4 Å². The highest BCUT2D eigenvalue weighted by atomic mass is 19.1. The molecule has 0 spiro atoms. The van der Waals surface area contributed by atoms with E-state index in [9.17, 15) is 8.78 Å². The summed E-state index contributed by atoms with van der Waals surface area (Å²) in [5, 5.41) is 0. The average Bonchev–Trinajstić information content (AvgIpc) is 2.85. The van der Waals surface area contributed by atoms with Gasteiger partial charge in [-0.2, -0.15) is 0 Å². The molecule has 3 aromatic carbocycles. The van der Waals surface area contributed by atoms with Crippen molar-refractivity contribution < 1.29 is 27.7 Å². The molecule has 1 atom stereocenters. The van der Waals surface area contributed by atoms with E-state index in [2.05, 4.69) is 4.90 Å². The summed E-state index contributed by atoms with van der Waals surface area (Å²) in [6, 6.07) is 19.9. The number of ether oxygens (including phenoxy) is 4. The molecule has 0 saturated heterocycles. The van der Waals surface area contributed by atoms with Gasteiger partial charge in [0, 0.05) is 13.1 Å². The van der Waals surface area contributed by atoms with Crippen LogP contribution in [-0.2, 0) is 9.47 Å². The van der Waals surface area contributed by atoms with Gasteiger partial charge < -0.3 is 23.8 Å². The third-order valence-electron chi connectivity index (χ3n) is 5.56. The van der Waals surface area contributed by atoms with Gasteiger partial charge in [0.2, 0.25) is 0 Å². The molecule has 0 fully saturated rings. The number of benzene rings is 3. The maximum absolute atomic E-state index is 13.3. The second kappa shape index (κ2) is 11.9. The fraction of sp³-hybridized carbons (Fsp3) is 0.333. The molecule has 0 N–H and O–H groups in total. The van der Waals surface area contributed by atoms with Gasteiger partial charge in [-0.1, -0.05) is 36.4 Å². The maximum atomic E-state index is 13.3. The van der Waals surface area contributed by atoms with Gasteiger partial charge in [0.15, 0.2) is 11.5 Å². The van der Waals surface area contributed by atoms with Gasteiger partial charge in [-0.3, -0.25) is 0 Å². The van der Waals surface area contributed by atoms with Gasteiger partial charge in [0.05, 0.1) is 19.8 Å². The zero-order valence-electron chi connectivity index (χ0n) is 19.2. The Hall–Kier alpha value is -3.00. The van der Waals surface area contributed by atoms with E-state index in [1.165, 1.54) is 24.3 Å². The number of hydrogen-bond acceptors (Lipinski definition) is 5. The molecule has 7 heteroatoms. The second-order valence-electron chi connectivity index (χ2n) is 8.23. The van der Waals surface area contributed by atoms with E-state index in [1.54, 1.807) is 24.3 Å². The van der Waals surface area contributed by atoms with Crippen LogP contribution in [0, 0.1) is 11.6 Å². The number of rotatable bonds is 11. The minimum Gasteiger partial charge on any atom is -0.486 e. The molecule has 4 rings (SSSR count). The lowest BCUT2D eigenvalue weighted by Crippen LogP contribution is -2.40. The van der Waals surface area contributed by atoms with Crippen LogP contribution < -0.4 is 9.47 Å². The molecule has 0 bridgehead atoms. The molecule has 0 saturated carbocycles. The van der Waals surface area contributed by atoms with Crippen molar-refractivity contribution in [2.45, 2.75) is 12.2 Å². The van der Waals surface area contributed by atoms with Crippen molar-refractivity contribution in [1.82, 2.24) is 4.90 Å². The zero-order valence-corrected chi connectivity index (χ0v) is 19.2. The van der Waals surface area contributed by atoms with Gasteiger partial charge in [0.1, 0.15) is 30.4 Å². The molecule has 180 valence electrons. The van der Waals surface area contributed by atoms with Crippen LogP contribution in [-0.4, -0.2) is 57.6 Å². The quantitative estimate of drug-likeness (QED) is 0.375.